The van der Waals surface area contributed by atoms with Gasteiger partial charge < -0.3 is 89.0 Å². The molecule has 4 saturated heterocycles. The maximum Gasteiger partial charge on any atom is 0.410 e. The molecule has 2 unspecified atom stereocenters. The number of epoxide rings is 1. The van der Waals surface area contributed by atoms with Gasteiger partial charge in [-0.25, -0.2) is 24.0 Å². The summed E-state index contributed by atoms with van der Waals surface area (Å²) >= 11 is 8.20. The molecule has 0 spiro atoms. The molecule has 28 nitrogen and oxygen atoms in total. The molecule has 0 aliphatic carbocycles. The Morgan fingerprint density at radius 1 is 0.448 bits per heavy atom. The minimum absolute atomic E-state index is 0. The molecule has 6 atom stereocenters. The predicted molar refractivity (Wildman–Crippen MR) is 594 cm³/mol. The van der Waals surface area contributed by atoms with E-state index in [-0.39, 0.29) is 100 Å². The topological polar surface area (TPSA) is 372 Å². The molecule has 7 aromatic rings. The largest absolute Gasteiger partial charge is 0.449 e. The van der Waals surface area contributed by atoms with E-state index >= 15 is 0 Å². The van der Waals surface area contributed by atoms with Gasteiger partial charge in [-0.3, -0.25) is 14.0 Å². The van der Waals surface area contributed by atoms with E-state index in [1.165, 1.54) is 11.1 Å². The number of allylic oxidation sites excluding steroid dienone is 1. The summed E-state index contributed by atoms with van der Waals surface area (Å²) in [6.07, 6.45) is 23.7. The van der Waals surface area contributed by atoms with Crippen molar-refractivity contribution in [1.29, 1.82) is 0 Å². The number of carbonyl (C=O) groups excluding carboxylic acids is 5. The SMILES string of the molecule is C.C.C.C.C.C.C=CCCBr.C=CCCN(CCC=C)C(=O)OCc1ccccc1.C=CCCN(CCC=C)Cc1ccccc1.CO.CO.CO[C@H]1CCN(C(=O)OCc2ccccc2)CC[C@@H]1O.CO[C@H]1CCNCC[C@@H]1O.NCc1ccccc1.O=C(Cl)OCc1ccccc1.O=C(OCc1ccccc1)N1CCC2OC2CC1.O=C(OCc1ccccc1)N1CCC=CCC1.O=S(=O)(O)O.[2H]CC.[2H]CC. The highest BCUT2D eigenvalue weighted by Crippen LogP contribution is 2.31. The maximum absolute atomic E-state index is 12.0. The molecule has 31 heteroatoms. The van der Waals surface area contributed by atoms with Crippen molar-refractivity contribution < 1.29 is 103 Å². The van der Waals surface area contributed by atoms with Crippen LogP contribution in [0.2, 0.25) is 0 Å². The fourth-order valence-corrected chi connectivity index (χ4v) is 12.8. The van der Waals surface area contributed by atoms with Crippen molar-refractivity contribution in [3.63, 3.8) is 0 Å². The van der Waals surface area contributed by atoms with Gasteiger partial charge in [-0.05, 0) is 136 Å². The number of nitrogens with two attached hydrogens (primary N) is 1. The summed E-state index contributed by atoms with van der Waals surface area (Å²) in [4.78, 5) is 67.2. The number of amides is 4. The second-order valence-electron chi connectivity index (χ2n) is 29.5. The molecule has 4 amide bonds. The number of nitrogens with one attached hydrogen (secondary N) is 1. The van der Waals surface area contributed by atoms with Crippen LogP contribution in [0.3, 0.4) is 0 Å². The van der Waals surface area contributed by atoms with Crippen molar-refractivity contribution in [1.82, 2.24) is 29.8 Å². The molecule has 0 saturated carbocycles. The smallest absolute Gasteiger partial charge is 0.410 e. The lowest BCUT2D eigenvalue weighted by atomic mass is 10.1. The van der Waals surface area contributed by atoms with Crippen LogP contribution in [-0.4, -0.2) is 241 Å². The van der Waals surface area contributed by atoms with Crippen LogP contribution in [0.25, 0.3) is 0 Å². The summed E-state index contributed by atoms with van der Waals surface area (Å²) in [7, 11) is 0.566. The highest BCUT2D eigenvalue weighted by Gasteiger charge is 2.41. The van der Waals surface area contributed by atoms with E-state index in [0.717, 1.165) is 177 Å². The Labute approximate surface area is 877 Å². The molecule has 9 N–H and O–H groups in total. The Balaban J connectivity index is -0.000000241. The van der Waals surface area contributed by atoms with Crippen LogP contribution < -0.4 is 11.1 Å². The first-order chi connectivity index (χ1) is 67.3. The fourth-order valence-electron chi connectivity index (χ4n) is 12.4. The average Bonchev–Trinajstić information content (AvgIpc) is 1.67. The van der Waals surface area contributed by atoms with E-state index in [0.29, 0.717) is 91.4 Å². The van der Waals surface area contributed by atoms with Crippen molar-refractivity contribution in [2.75, 3.05) is 112 Å². The number of benzene rings is 7. The van der Waals surface area contributed by atoms with Crippen LogP contribution >= 0.6 is 27.5 Å². The second kappa shape index (κ2) is 102. The van der Waals surface area contributed by atoms with Gasteiger partial charge in [0, 0.05) is 127 Å². The number of nitrogens with zero attached hydrogens (tertiary/aromatic N) is 5. The molecule has 810 valence electrons. The summed E-state index contributed by atoms with van der Waals surface area (Å²) < 4.78 is 85.5. The first-order valence-electron chi connectivity index (χ1n) is 47.2. The number of halogens is 2. The molecule has 4 fully saturated rings. The third-order valence-corrected chi connectivity index (χ3v) is 20.2. The second-order valence-corrected chi connectivity index (χ2v) is 31.5. The Morgan fingerprint density at radius 3 is 1.03 bits per heavy atom. The standard InChI is InChI=1S/C16H21NO2.C15H21NO4.C15H21N.C14H17NO3.C14H17NO2.C8H7ClO2.C7H15NO2.C7H9N.C4H7Br.2C2H6.2CH4O.6CH4.H2O4S/c1-3-5-12-17(13-6-4-2)16(18)19-14-15-10-8-7-9-11-15;1-19-14-8-10-16(9-7-13(14)17)15(18)20-11-12-5-3-2-4-6-12;1-3-5-12-16(13-6-4-2)14-15-10-8-7-9-11-15;16-14(17-10-11-4-2-1-3-5-11)15-8-6-12-13(18-12)7-9-15;16-14(15-10-6-1-2-7-11-15)17-12-13-8-4-3-5-9-13;9-8(10)11-6-7-4-2-1-3-5-7;1-10-7-3-5-8-4-2-6(7)9;8-6-7-4-2-1-3-5-7;1-2-3-4-5;4*1-2;;;;;;;1-5(2,3)4/h3-4,7-11H,1-2,5-6,12-14H2;2-6,13-14,17H,7-11H2,1H3;3-4,7-11H,1-2,5-6,12-14H2;1-5,12-13H,6-10H2;1-5,8-9H,6-7,10-12H2;1-5H,6H2;6-9H,2-5H2,1H3;1-5H,6,8H2;2H,1,3-4H2;2*1-2H3;2*2H,1H3;6*1H4;(H2,1,2,3,4)/t;13-,14-;;;;;6-,7-;;;;;;;;;;;;;/m.0....0............./s1/i;;;;;;;;;2*1D;;;;;;;;;. The number of ether oxygens (including phenoxy) is 8. The highest BCUT2D eigenvalue weighted by molar-refractivity contribution is 9.09. The van der Waals surface area contributed by atoms with Gasteiger partial charge in [0.15, 0.2) is 0 Å². The maximum atomic E-state index is 12.0. The highest BCUT2D eigenvalue weighted by atomic mass is 79.9. The summed E-state index contributed by atoms with van der Waals surface area (Å²) in [5.74, 6) is 0. The van der Waals surface area contributed by atoms with E-state index < -0.39 is 21.9 Å². The van der Waals surface area contributed by atoms with E-state index in [9.17, 15) is 34.2 Å². The lowest BCUT2D eigenvalue weighted by Gasteiger charge is -2.21. The monoisotopic (exact) mass is 2110 g/mol. The molecule has 12 rings (SSSR count). The number of hydrogen-bond donors (Lipinski definition) is 8. The molecular formula is C112H181BrClN7O21S. The van der Waals surface area contributed by atoms with Crippen molar-refractivity contribution in [2.24, 2.45) is 5.73 Å². The Hall–Kier alpha value is -10.2. The zero-order valence-corrected chi connectivity index (χ0v) is 84.4. The molecule has 5 aliphatic rings. The fraction of sp³-hybridized carbons (Fsp3) is 0.473. The first kappa shape index (κ1) is 143. The van der Waals surface area contributed by atoms with Gasteiger partial charge in [0.1, 0.15) is 33.0 Å². The molecule has 7 aromatic carbocycles. The number of methoxy groups -OCH3 is 2. The average molecular weight is 2110 g/mol. The van der Waals surface area contributed by atoms with Crippen LogP contribution in [0.4, 0.5) is 24.0 Å². The number of rotatable bonds is 29. The van der Waals surface area contributed by atoms with Crippen LogP contribution in [0.15, 0.2) is 288 Å². The van der Waals surface area contributed by atoms with Crippen molar-refractivity contribution >= 4 is 67.7 Å². The number of hydrogen-bond acceptors (Lipinski definition) is 22. The van der Waals surface area contributed by atoms with Crippen molar-refractivity contribution in [2.45, 2.75) is 238 Å². The van der Waals surface area contributed by atoms with E-state index in [4.69, 9.17) is 81.0 Å². The summed E-state index contributed by atoms with van der Waals surface area (Å²) in [6, 6.07) is 68.7. The van der Waals surface area contributed by atoms with E-state index in [1.54, 1.807) is 59.8 Å². The normalized spacial score (nSPS) is 15.5. The number of alkyl halides is 1. The van der Waals surface area contributed by atoms with Gasteiger partial charge in [0.25, 0.3) is 0 Å². The summed E-state index contributed by atoms with van der Waals surface area (Å²) in [6.45, 7) is 35.5. The quantitative estimate of drug-likeness (QED) is 0.00539. The number of likely N-dealkylation sites (tertiary alicyclic amines) is 2. The van der Waals surface area contributed by atoms with E-state index in [2.05, 4.69) is 106 Å². The van der Waals surface area contributed by atoms with Gasteiger partial charge in [-0.2, -0.15) is 8.42 Å². The van der Waals surface area contributed by atoms with Gasteiger partial charge >= 0.3 is 40.2 Å². The number of aliphatic hydroxyl groups is 4. The molecule has 0 bridgehead atoms. The zero-order chi connectivity index (χ0) is 104. The van der Waals surface area contributed by atoms with Gasteiger partial charge in [-0.15, -0.1) is 32.9 Å². The van der Waals surface area contributed by atoms with Crippen LogP contribution in [0.1, 0.15) is 197 Å². The third-order valence-electron chi connectivity index (χ3n) is 19.6. The number of carbonyl (C=O) groups is 5. The molecule has 5 heterocycles. The van der Waals surface area contributed by atoms with Crippen LogP contribution in [-0.2, 0) is 94.4 Å². The Kier molecular flexibility index (Phi) is 102. The van der Waals surface area contributed by atoms with Gasteiger partial charge in [-0.1, -0.05) is 343 Å². The van der Waals surface area contributed by atoms with Crippen molar-refractivity contribution in [3.05, 3.63) is 327 Å². The van der Waals surface area contributed by atoms with Crippen LogP contribution in [0, 0.1) is 0 Å². The number of fused-ring (bicyclic) bond motifs is 1. The number of aliphatic hydroxyl groups excluding tert-OH is 4. The molecule has 143 heavy (non-hydrogen) atoms. The summed E-state index contributed by atoms with van der Waals surface area (Å²) in [5, 5.41) is 37.5. The van der Waals surface area contributed by atoms with Crippen LogP contribution in [0.5, 0.6) is 0 Å². The minimum atomic E-state index is -4.67. The van der Waals surface area contributed by atoms with E-state index in [1.807, 2.05) is 200 Å². The van der Waals surface area contributed by atoms with Gasteiger partial charge in [0.2, 0.25) is 0 Å². The Morgan fingerprint density at radius 2 is 0.727 bits per heavy atom. The minimum Gasteiger partial charge on any atom is -0.449 e. The first-order valence-corrected chi connectivity index (χ1v) is 48.6. The molecular weight excluding hydrogens is 1930 g/mol. The summed E-state index contributed by atoms with van der Waals surface area (Å²) in [5.41, 5.74) is 12.1. The molecule has 0 aromatic heterocycles. The van der Waals surface area contributed by atoms with Gasteiger partial charge in [0.05, 0.1) is 36.6 Å². The predicted octanol–water partition coefficient (Wildman–Crippen LogP) is 24.2. The lowest BCUT2D eigenvalue weighted by Crippen LogP contribution is -2.33. The molecule has 0 radical (unpaired) electrons. The third kappa shape index (κ3) is 80.8. The lowest BCUT2D eigenvalue weighted by molar-refractivity contribution is -0.0122. The van der Waals surface area contributed by atoms with Crippen molar-refractivity contribution in [3.8, 4) is 0 Å². The molecule has 5 aliphatic heterocycles. The Bertz CT molecular complexity index is 4270. The zero-order valence-electron chi connectivity index (χ0n) is 83.3.